The van der Waals surface area contributed by atoms with Gasteiger partial charge in [-0.3, -0.25) is 0 Å². The van der Waals surface area contributed by atoms with Crippen LogP contribution in [0.5, 0.6) is 0 Å². The van der Waals surface area contributed by atoms with E-state index in [2.05, 4.69) is 119 Å². The first-order chi connectivity index (χ1) is 22.0. The molecule has 0 bridgehead atoms. The smallest absolute Gasteiger partial charge is 0.212 e. The predicted octanol–water partition coefficient (Wildman–Crippen LogP) is 10.6. The Bertz CT molecular complexity index is 2600. The average molecular weight is 575 g/mol. The fraction of sp³-hybridized carbons (Fsp3) is 0.0732. The van der Waals surface area contributed by atoms with Crippen LogP contribution in [0.4, 0.5) is 5.69 Å². The molecule has 8 aromatic rings. The van der Waals surface area contributed by atoms with Gasteiger partial charge in [-0.2, -0.15) is 5.26 Å². The van der Waals surface area contributed by atoms with E-state index in [1.807, 2.05) is 30.3 Å². The molecule has 0 amide bonds. The molecule has 1 aliphatic carbocycles. The molecule has 0 spiro atoms. The van der Waals surface area contributed by atoms with Crippen molar-refractivity contribution in [2.45, 2.75) is 19.3 Å². The number of nitriles is 1. The van der Waals surface area contributed by atoms with Crippen LogP contribution >= 0.6 is 0 Å². The molecule has 45 heavy (non-hydrogen) atoms. The maximum absolute atomic E-state index is 10.4. The number of hydrogen-bond donors (Lipinski definition) is 0. The van der Waals surface area contributed by atoms with Gasteiger partial charge in [-0.15, -0.1) is 0 Å². The van der Waals surface area contributed by atoms with Crippen LogP contribution in [-0.2, 0) is 5.41 Å². The first-order valence-electron chi connectivity index (χ1n) is 15.1. The van der Waals surface area contributed by atoms with Crippen molar-refractivity contribution < 1.29 is 0 Å². The van der Waals surface area contributed by atoms with Crippen LogP contribution in [0, 0.1) is 17.9 Å². The van der Waals surface area contributed by atoms with E-state index in [9.17, 15) is 5.26 Å². The molecular formula is C41H26N4. The Hall–Kier alpha value is -6.10. The molecule has 0 atom stereocenters. The van der Waals surface area contributed by atoms with Crippen molar-refractivity contribution in [3.63, 3.8) is 0 Å². The molecule has 2 heterocycles. The van der Waals surface area contributed by atoms with E-state index < -0.39 is 0 Å². The lowest BCUT2D eigenvalue weighted by molar-refractivity contribution is 0.661. The van der Waals surface area contributed by atoms with E-state index in [0.29, 0.717) is 11.3 Å². The zero-order valence-corrected chi connectivity index (χ0v) is 24.8. The van der Waals surface area contributed by atoms with Gasteiger partial charge < -0.3 is 9.13 Å². The molecule has 0 unspecified atom stereocenters. The van der Waals surface area contributed by atoms with Crippen LogP contribution in [0.15, 0.2) is 121 Å². The number of rotatable bonds is 2. The van der Waals surface area contributed by atoms with Crippen molar-refractivity contribution in [3.05, 3.63) is 149 Å². The second-order valence-corrected chi connectivity index (χ2v) is 12.4. The van der Waals surface area contributed by atoms with E-state index in [4.69, 9.17) is 6.57 Å². The van der Waals surface area contributed by atoms with Gasteiger partial charge in [0.1, 0.15) is 0 Å². The quantitative estimate of drug-likeness (QED) is 0.189. The zero-order chi connectivity index (χ0) is 30.4. The van der Waals surface area contributed by atoms with Crippen molar-refractivity contribution in [2.75, 3.05) is 0 Å². The van der Waals surface area contributed by atoms with E-state index in [0.717, 1.165) is 55.0 Å². The van der Waals surface area contributed by atoms with Crippen molar-refractivity contribution >= 4 is 49.3 Å². The number of fused-ring (bicyclic) bond motifs is 9. The van der Waals surface area contributed by atoms with Crippen LogP contribution in [0.25, 0.3) is 71.0 Å². The first kappa shape index (κ1) is 25.4. The fourth-order valence-electron chi connectivity index (χ4n) is 7.71. The van der Waals surface area contributed by atoms with Gasteiger partial charge in [0.25, 0.3) is 0 Å². The van der Waals surface area contributed by atoms with Crippen molar-refractivity contribution in [1.29, 1.82) is 5.26 Å². The number of para-hydroxylation sites is 3. The van der Waals surface area contributed by atoms with E-state index in [1.165, 1.54) is 22.3 Å². The Kier molecular flexibility index (Phi) is 5.06. The van der Waals surface area contributed by atoms with Gasteiger partial charge >= 0.3 is 0 Å². The minimum atomic E-state index is -0.164. The molecule has 1 aliphatic rings. The number of aromatic nitrogens is 2. The summed E-state index contributed by atoms with van der Waals surface area (Å²) in [4.78, 5) is 4.00. The van der Waals surface area contributed by atoms with Crippen LogP contribution in [0.2, 0.25) is 0 Å². The number of hydrogen-bond acceptors (Lipinski definition) is 1. The number of nitrogens with zero attached hydrogens (tertiary/aromatic N) is 4. The molecule has 2 aromatic heterocycles. The van der Waals surface area contributed by atoms with Gasteiger partial charge in [0.2, 0.25) is 5.69 Å². The maximum Gasteiger partial charge on any atom is 0.212 e. The summed E-state index contributed by atoms with van der Waals surface area (Å²) in [7, 11) is 0. The second-order valence-electron chi connectivity index (χ2n) is 12.4. The Morgan fingerprint density at radius 1 is 0.578 bits per heavy atom. The predicted molar refractivity (Wildman–Crippen MR) is 184 cm³/mol. The molecule has 0 fully saturated rings. The molecule has 0 N–H and O–H groups in total. The summed E-state index contributed by atoms with van der Waals surface area (Å²) in [5.41, 5.74) is 11.6. The minimum absolute atomic E-state index is 0.164. The van der Waals surface area contributed by atoms with E-state index >= 15 is 0 Å². The SMILES string of the molecule is [C-]#[N+]c1cc(C#N)c(-n2c3ccccc3c3ccccc32)cc1-n1c2ccccc2c2cc3c(cc21)C(C)(C)c1ccccc1-3. The third-order valence-electron chi connectivity index (χ3n) is 9.77. The first-order valence-corrected chi connectivity index (χ1v) is 15.1. The Morgan fingerprint density at radius 3 is 1.76 bits per heavy atom. The zero-order valence-electron chi connectivity index (χ0n) is 24.8. The van der Waals surface area contributed by atoms with E-state index in [-0.39, 0.29) is 5.41 Å². The molecule has 6 aromatic carbocycles. The molecule has 0 saturated heterocycles. The summed E-state index contributed by atoms with van der Waals surface area (Å²) >= 11 is 0. The molecule has 9 rings (SSSR count). The standard InChI is InChI=1S/C41H26N4/c1-41(2)32-16-8-4-12-26(32)30-21-31-29-15-7-11-19-37(29)45(39(31)22-33(30)41)40-23-38(25(24-42)20-34(40)43-3)44-35-17-9-5-13-27(35)28-14-6-10-18-36(28)44/h4-23H,1-2H3. The Balaban J connectivity index is 1.41. The maximum atomic E-state index is 10.4. The van der Waals surface area contributed by atoms with Crippen LogP contribution in [0.3, 0.4) is 0 Å². The third kappa shape index (κ3) is 3.29. The van der Waals surface area contributed by atoms with Crippen molar-refractivity contribution in [3.8, 4) is 28.6 Å². The van der Waals surface area contributed by atoms with Gasteiger partial charge in [-0.05, 0) is 64.7 Å². The molecule has 0 saturated carbocycles. The molecule has 4 nitrogen and oxygen atoms in total. The monoisotopic (exact) mass is 574 g/mol. The lowest BCUT2D eigenvalue weighted by Crippen LogP contribution is -2.15. The van der Waals surface area contributed by atoms with Gasteiger partial charge in [0, 0.05) is 27.0 Å². The normalized spacial score (nSPS) is 13.2. The summed E-state index contributed by atoms with van der Waals surface area (Å²) < 4.78 is 4.40. The molecular weight excluding hydrogens is 548 g/mol. The highest BCUT2D eigenvalue weighted by Crippen LogP contribution is 2.51. The number of benzene rings is 6. The molecule has 4 heteroatoms. The van der Waals surface area contributed by atoms with Crippen molar-refractivity contribution in [1.82, 2.24) is 9.13 Å². The average Bonchev–Trinajstić information content (AvgIpc) is 3.67. The minimum Gasteiger partial charge on any atom is -0.319 e. The largest absolute Gasteiger partial charge is 0.319 e. The van der Waals surface area contributed by atoms with Crippen LogP contribution < -0.4 is 0 Å². The van der Waals surface area contributed by atoms with Gasteiger partial charge in [-0.1, -0.05) is 92.7 Å². The molecule has 0 aliphatic heterocycles. The lowest BCUT2D eigenvalue weighted by atomic mass is 9.82. The molecule has 0 radical (unpaired) electrons. The van der Waals surface area contributed by atoms with Crippen LogP contribution in [-0.4, -0.2) is 9.13 Å². The Labute approximate surface area is 260 Å². The van der Waals surface area contributed by atoms with Gasteiger partial charge in [0.05, 0.1) is 51.6 Å². The van der Waals surface area contributed by atoms with Gasteiger partial charge in [-0.25, -0.2) is 4.85 Å². The second kappa shape index (κ2) is 8.96. The fourth-order valence-corrected chi connectivity index (χ4v) is 7.71. The van der Waals surface area contributed by atoms with Crippen molar-refractivity contribution in [2.24, 2.45) is 0 Å². The summed E-state index contributed by atoms with van der Waals surface area (Å²) in [6.07, 6.45) is 0. The summed E-state index contributed by atoms with van der Waals surface area (Å²) in [5, 5.41) is 15.0. The highest BCUT2D eigenvalue weighted by Gasteiger charge is 2.36. The topological polar surface area (TPSA) is 38.0 Å². The highest BCUT2D eigenvalue weighted by atomic mass is 15.0. The summed E-state index contributed by atoms with van der Waals surface area (Å²) in [6, 6.07) is 44.6. The van der Waals surface area contributed by atoms with E-state index in [1.54, 1.807) is 6.07 Å². The summed E-state index contributed by atoms with van der Waals surface area (Å²) in [5.74, 6) is 0. The van der Waals surface area contributed by atoms with Gasteiger partial charge in [0.15, 0.2) is 0 Å². The lowest BCUT2D eigenvalue weighted by Gasteiger charge is -2.22. The third-order valence-corrected chi connectivity index (χ3v) is 9.77. The highest BCUT2D eigenvalue weighted by molar-refractivity contribution is 6.13. The summed E-state index contributed by atoms with van der Waals surface area (Å²) in [6.45, 7) is 12.8. The van der Waals surface area contributed by atoms with Crippen LogP contribution in [0.1, 0.15) is 30.5 Å². The molecule has 210 valence electrons. The Morgan fingerprint density at radius 2 is 1.13 bits per heavy atom.